The fourth-order valence-electron chi connectivity index (χ4n) is 2.63. The summed E-state index contributed by atoms with van der Waals surface area (Å²) in [6.45, 7) is 8.44. The molecule has 0 spiro atoms. The second-order valence-electron chi connectivity index (χ2n) is 7.41. The Kier molecular flexibility index (Phi) is 7.51. The van der Waals surface area contributed by atoms with Crippen LogP contribution in [0.25, 0.3) is 0 Å². The summed E-state index contributed by atoms with van der Waals surface area (Å²) >= 11 is 2.27. The van der Waals surface area contributed by atoms with E-state index < -0.39 is 5.60 Å². The average molecular weight is 464 g/mol. The molecule has 1 unspecified atom stereocenters. The molecule has 1 amide bonds. The number of hydrogen-bond donors (Lipinski definition) is 1. The second-order valence-corrected chi connectivity index (χ2v) is 8.43. The summed E-state index contributed by atoms with van der Waals surface area (Å²) in [5.74, 6) is 0. The van der Waals surface area contributed by atoms with Crippen molar-refractivity contribution in [2.24, 2.45) is 0 Å². The second kappa shape index (κ2) is 9.18. The largest absolute Gasteiger partial charge is 0.444 e. The molecule has 8 heteroatoms. The maximum absolute atomic E-state index is 11.7. The van der Waals surface area contributed by atoms with Crippen molar-refractivity contribution in [2.45, 2.75) is 58.4 Å². The molecule has 1 saturated heterocycles. The fourth-order valence-corrected chi connectivity index (χ4v) is 3.19. The predicted molar refractivity (Wildman–Crippen MR) is 104 cm³/mol. The first kappa shape index (κ1) is 20.4. The Morgan fingerprint density at radius 1 is 1.52 bits per heavy atom. The number of rotatable bonds is 6. The van der Waals surface area contributed by atoms with Crippen molar-refractivity contribution in [3.8, 4) is 0 Å². The normalized spacial score (nSPS) is 18.4. The van der Waals surface area contributed by atoms with E-state index in [0.717, 1.165) is 36.2 Å². The molecule has 1 aromatic rings. The summed E-state index contributed by atoms with van der Waals surface area (Å²) in [4.78, 5) is 13.8. The molecule has 1 aliphatic rings. The van der Waals surface area contributed by atoms with Crippen LogP contribution in [0.3, 0.4) is 0 Å². The highest BCUT2D eigenvalue weighted by atomic mass is 127. The van der Waals surface area contributed by atoms with E-state index in [4.69, 9.17) is 9.47 Å². The number of nitrogens with one attached hydrogen (secondary N) is 1. The number of carbonyl (C=O) groups excluding carboxylic acids is 1. The van der Waals surface area contributed by atoms with E-state index in [9.17, 15) is 4.79 Å². The molecule has 25 heavy (non-hydrogen) atoms. The van der Waals surface area contributed by atoms with Gasteiger partial charge < -0.3 is 19.7 Å². The quantitative estimate of drug-likeness (QED) is 0.656. The van der Waals surface area contributed by atoms with Gasteiger partial charge in [0.2, 0.25) is 0 Å². The summed E-state index contributed by atoms with van der Waals surface area (Å²) in [6.07, 6.45) is 5.11. The number of carbonyl (C=O) groups is 1. The van der Waals surface area contributed by atoms with Gasteiger partial charge in [0.15, 0.2) is 0 Å². The maximum Gasteiger partial charge on any atom is 0.407 e. The van der Waals surface area contributed by atoms with Crippen LogP contribution in [0.5, 0.6) is 0 Å². The first-order chi connectivity index (χ1) is 11.7. The van der Waals surface area contributed by atoms with Crippen molar-refractivity contribution in [2.75, 3.05) is 26.7 Å². The van der Waals surface area contributed by atoms with Gasteiger partial charge in [0.1, 0.15) is 15.5 Å². The standard InChI is InChI=1S/C17H29IN4O3/c1-17(2,3)25-16(23)19-8-9-21(4)11-13-12-22(20-15(13)18)14-7-5-6-10-24-14/h12,14H,5-11H2,1-4H3,(H,19,23). The van der Waals surface area contributed by atoms with Crippen LogP contribution in [0.1, 0.15) is 51.8 Å². The lowest BCUT2D eigenvalue weighted by molar-refractivity contribution is -0.0397. The number of amides is 1. The van der Waals surface area contributed by atoms with E-state index in [0.29, 0.717) is 6.54 Å². The number of hydrogen-bond acceptors (Lipinski definition) is 5. The van der Waals surface area contributed by atoms with Gasteiger partial charge in [-0.15, -0.1) is 0 Å². The average Bonchev–Trinajstić information content (AvgIpc) is 2.87. The maximum atomic E-state index is 11.7. The Bertz CT molecular complexity index is 565. The summed E-state index contributed by atoms with van der Waals surface area (Å²) in [5.41, 5.74) is 0.705. The highest BCUT2D eigenvalue weighted by molar-refractivity contribution is 14.1. The highest BCUT2D eigenvalue weighted by Crippen LogP contribution is 2.24. The zero-order valence-corrected chi connectivity index (χ0v) is 17.7. The van der Waals surface area contributed by atoms with Crippen molar-refractivity contribution in [3.63, 3.8) is 0 Å². The van der Waals surface area contributed by atoms with E-state index >= 15 is 0 Å². The van der Waals surface area contributed by atoms with Crippen LogP contribution in [0, 0.1) is 3.70 Å². The third kappa shape index (κ3) is 7.10. The number of halogens is 1. The van der Waals surface area contributed by atoms with Gasteiger partial charge in [-0.1, -0.05) is 0 Å². The van der Waals surface area contributed by atoms with Gasteiger partial charge in [-0.25, -0.2) is 9.48 Å². The van der Waals surface area contributed by atoms with Gasteiger partial charge >= 0.3 is 6.09 Å². The number of likely N-dealkylation sites (N-methyl/N-ethyl adjacent to an activating group) is 1. The van der Waals surface area contributed by atoms with Crippen molar-refractivity contribution in [1.82, 2.24) is 20.0 Å². The number of ether oxygens (including phenoxy) is 2. The van der Waals surface area contributed by atoms with Crippen LogP contribution in [0.2, 0.25) is 0 Å². The Morgan fingerprint density at radius 2 is 2.28 bits per heavy atom. The molecule has 0 aromatic carbocycles. The highest BCUT2D eigenvalue weighted by Gasteiger charge is 2.19. The van der Waals surface area contributed by atoms with Crippen LogP contribution in [-0.4, -0.2) is 53.1 Å². The van der Waals surface area contributed by atoms with Gasteiger partial charge in [-0.3, -0.25) is 0 Å². The predicted octanol–water partition coefficient (Wildman–Crippen LogP) is 3.14. The molecule has 0 aliphatic carbocycles. The first-order valence-corrected chi connectivity index (χ1v) is 9.83. The number of aromatic nitrogens is 2. The zero-order chi connectivity index (χ0) is 18.4. The molecule has 7 nitrogen and oxygen atoms in total. The lowest BCUT2D eigenvalue weighted by atomic mass is 10.2. The Labute approximate surface area is 163 Å². The Balaban J connectivity index is 1.77. The minimum absolute atomic E-state index is 0.0650. The summed E-state index contributed by atoms with van der Waals surface area (Å²) < 4.78 is 14.0. The van der Waals surface area contributed by atoms with Gasteiger partial charge in [0.05, 0.1) is 0 Å². The van der Waals surface area contributed by atoms with Gasteiger partial charge in [-0.2, -0.15) is 5.10 Å². The van der Waals surface area contributed by atoms with Crippen LogP contribution in [0.15, 0.2) is 6.20 Å². The SMILES string of the molecule is CN(CCNC(=O)OC(C)(C)C)Cc1cn(C2CCCCO2)nc1I. The van der Waals surface area contributed by atoms with Gasteiger partial charge in [-0.05, 0) is 69.7 Å². The zero-order valence-electron chi connectivity index (χ0n) is 15.5. The first-order valence-electron chi connectivity index (χ1n) is 8.75. The molecule has 2 heterocycles. The fraction of sp³-hybridized carbons (Fsp3) is 0.765. The minimum Gasteiger partial charge on any atom is -0.444 e. The van der Waals surface area contributed by atoms with Crippen LogP contribution in [0.4, 0.5) is 4.79 Å². The summed E-state index contributed by atoms with van der Waals surface area (Å²) in [5, 5.41) is 7.38. The number of nitrogens with zero attached hydrogens (tertiary/aromatic N) is 3. The van der Waals surface area contributed by atoms with Crippen molar-refractivity contribution < 1.29 is 14.3 Å². The molecular formula is C17H29IN4O3. The van der Waals surface area contributed by atoms with Crippen molar-refractivity contribution >= 4 is 28.7 Å². The van der Waals surface area contributed by atoms with Crippen LogP contribution < -0.4 is 5.32 Å². The third-order valence-electron chi connectivity index (χ3n) is 3.81. The molecule has 1 N–H and O–H groups in total. The molecular weight excluding hydrogens is 435 g/mol. The third-order valence-corrected chi connectivity index (χ3v) is 4.72. The van der Waals surface area contributed by atoms with Gasteiger partial charge in [0.25, 0.3) is 0 Å². The molecule has 0 radical (unpaired) electrons. The molecule has 2 rings (SSSR count). The monoisotopic (exact) mass is 464 g/mol. The van der Waals surface area contributed by atoms with Crippen LogP contribution >= 0.6 is 22.6 Å². The smallest absolute Gasteiger partial charge is 0.407 e. The summed E-state index contributed by atoms with van der Waals surface area (Å²) in [7, 11) is 2.03. The molecule has 1 aliphatic heterocycles. The molecule has 1 aromatic heterocycles. The molecule has 0 saturated carbocycles. The minimum atomic E-state index is -0.470. The molecule has 1 fully saturated rings. The van der Waals surface area contributed by atoms with Crippen LogP contribution in [-0.2, 0) is 16.0 Å². The lowest BCUT2D eigenvalue weighted by Crippen LogP contribution is -2.36. The van der Waals surface area contributed by atoms with E-state index in [1.807, 2.05) is 32.5 Å². The molecule has 0 bridgehead atoms. The van der Waals surface area contributed by atoms with E-state index in [-0.39, 0.29) is 12.3 Å². The van der Waals surface area contributed by atoms with E-state index in [1.165, 1.54) is 12.0 Å². The topological polar surface area (TPSA) is 68.6 Å². The van der Waals surface area contributed by atoms with E-state index in [2.05, 4.69) is 44.1 Å². The van der Waals surface area contributed by atoms with Gasteiger partial charge in [0, 0.05) is 38.0 Å². The molecule has 1 atom stereocenters. The summed E-state index contributed by atoms with van der Waals surface area (Å²) in [6, 6.07) is 0. The van der Waals surface area contributed by atoms with E-state index in [1.54, 1.807) is 0 Å². The Morgan fingerprint density at radius 3 is 2.92 bits per heavy atom. The molecule has 142 valence electrons. The van der Waals surface area contributed by atoms with Crippen molar-refractivity contribution in [3.05, 3.63) is 15.5 Å². The lowest BCUT2D eigenvalue weighted by Gasteiger charge is -2.22. The Hall–Kier alpha value is -0.870. The van der Waals surface area contributed by atoms with Crippen molar-refractivity contribution in [1.29, 1.82) is 0 Å². The number of alkyl carbamates (subject to hydrolysis) is 1.